The lowest BCUT2D eigenvalue weighted by molar-refractivity contribution is 0.0743. The predicted molar refractivity (Wildman–Crippen MR) is 139 cm³/mol. The third kappa shape index (κ3) is 5.15. The average molecular weight is 531 g/mol. The number of aromatic nitrogens is 2. The van der Waals surface area contributed by atoms with Crippen LogP contribution in [-0.2, 0) is 22.0 Å². The molecule has 0 aliphatic rings. The maximum Gasteiger partial charge on any atom is 0.175 e. The van der Waals surface area contributed by atoms with Gasteiger partial charge in [0.2, 0.25) is 0 Å². The van der Waals surface area contributed by atoms with Gasteiger partial charge in [0, 0.05) is 23.7 Å². The highest BCUT2D eigenvalue weighted by molar-refractivity contribution is 7.90. The topological polar surface area (TPSA) is 92.4 Å². The Balaban J connectivity index is 1.82. The van der Waals surface area contributed by atoms with Crippen molar-refractivity contribution in [3.05, 3.63) is 88.2 Å². The van der Waals surface area contributed by atoms with E-state index in [-0.39, 0.29) is 11.5 Å². The minimum Gasteiger partial charge on any atom is -0.392 e. The van der Waals surface area contributed by atoms with Crippen LogP contribution in [0, 0.1) is 0 Å². The fourth-order valence-electron chi connectivity index (χ4n) is 3.76. The first-order valence-corrected chi connectivity index (χ1v) is 13.4. The molecule has 3 aromatic carbocycles. The van der Waals surface area contributed by atoms with Crippen molar-refractivity contribution in [2.45, 2.75) is 31.0 Å². The second-order valence-electron chi connectivity index (χ2n) is 8.78. The molecule has 0 amide bonds. The summed E-state index contributed by atoms with van der Waals surface area (Å²) in [5.74, 6) is 0.522. The molecule has 1 heterocycles. The molecule has 0 radical (unpaired) electrons. The fourth-order valence-corrected chi connectivity index (χ4v) is 5.10. The molecule has 0 aliphatic carbocycles. The molecule has 0 bridgehead atoms. The maximum absolute atomic E-state index is 12.2. The van der Waals surface area contributed by atoms with Crippen molar-refractivity contribution in [1.29, 1.82) is 0 Å². The van der Waals surface area contributed by atoms with Gasteiger partial charge in [-0.2, -0.15) is 0 Å². The smallest absolute Gasteiger partial charge is 0.175 e. The van der Waals surface area contributed by atoms with Gasteiger partial charge in [0.15, 0.2) is 9.84 Å². The van der Waals surface area contributed by atoms with Crippen molar-refractivity contribution in [3.63, 3.8) is 0 Å². The number of hydrogen-bond acceptors (Lipinski definition) is 5. The van der Waals surface area contributed by atoms with E-state index in [0.29, 0.717) is 38.3 Å². The Labute approximate surface area is 214 Å². The lowest BCUT2D eigenvalue weighted by Gasteiger charge is -2.13. The Morgan fingerprint density at radius 2 is 1.66 bits per heavy atom. The molecule has 0 fully saturated rings. The third-order valence-electron chi connectivity index (χ3n) is 5.64. The van der Waals surface area contributed by atoms with Crippen LogP contribution in [0.5, 0.6) is 0 Å². The van der Waals surface area contributed by atoms with E-state index in [1.54, 1.807) is 50.4 Å². The monoisotopic (exact) mass is 530 g/mol. The van der Waals surface area contributed by atoms with E-state index >= 15 is 0 Å². The van der Waals surface area contributed by atoms with E-state index in [1.165, 1.54) is 0 Å². The summed E-state index contributed by atoms with van der Waals surface area (Å²) < 4.78 is 26.2. The zero-order chi connectivity index (χ0) is 25.5. The number of halogens is 2. The zero-order valence-electron chi connectivity index (χ0n) is 19.3. The highest BCUT2D eigenvalue weighted by Crippen LogP contribution is 2.36. The van der Waals surface area contributed by atoms with Gasteiger partial charge in [-0.3, -0.25) is 4.57 Å². The molecule has 0 spiro atoms. The number of sulfone groups is 1. The first kappa shape index (κ1) is 25.4. The van der Waals surface area contributed by atoms with Crippen LogP contribution < -0.4 is 0 Å². The molecule has 9 heteroatoms. The van der Waals surface area contributed by atoms with Crippen LogP contribution in [-0.4, -0.2) is 34.4 Å². The molecule has 0 atom stereocenters. The van der Waals surface area contributed by atoms with Gasteiger partial charge in [0.05, 0.1) is 27.2 Å². The Morgan fingerprint density at radius 3 is 2.26 bits per heavy atom. The van der Waals surface area contributed by atoms with Gasteiger partial charge < -0.3 is 10.2 Å². The minimum atomic E-state index is -3.50. The van der Waals surface area contributed by atoms with Crippen molar-refractivity contribution < 1.29 is 18.6 Å². The van der Waals surface area contributed by atoms with Gasteiger partial charge in [-0.05, 0) is 60.9 Å². The molecule has 2 N–H and O–H groups in total. The SMILES string of the molecule is CC(C)(O)c1cn(-c2ccc(-c3ccc(CO)c(S(C)(=O)=O)c3)cc2)c(-c2cccc(Cl)c2Cl)n1. The number of hydrogen-bond donors (Lipinski definition) is 2. The summed E-state index contributed by atoms with van der Waals surface area (Å²) in [5.41, 5.74) is 2.53. The van der Waals surface area contributed by atoms with Crippen molar-refractivity contribution in [1.82, 2.24) is 9.55 Å². The highest BCUT2D eigenvalue weighted by atomic mass is 35.5. The molecule has 0 saturated carbocycles. The van der Waals surface area contributed by atoms with Crippen LogP contribution in [0.25, 0.3) is 28.2 Å². The van der Waals surface area contributed by atoms with Crippen LogP contribution in [0.1, 0.15) is 25.1 Å². The van der Waals surface area contributed by atoms with Crippen LogP contribution in [0.2, 0.25) is 10.0 Å². The number of rotatable bonds is 6. The van der Waals surface area contributed by atoms with E-state index in [2.05, 4.69) is 4.98 Å². The number of imidazole rings is 1. The number of aliphatic hydroxyl groups is 2. The van der Waals surface area contributed by atoms with Crippen LogP contribution in [0.4, 0.5) is 0 Å². The normalized spacial score (nSPS) is 12.2. The summed E-state index contributed by atoms with van der Waals surface area (Å²) in [6, 6.07) is 17.7. The van der Waals surface area contributed by atoms with Gasteiger partial charge in [0.25, 0.3) is 0 Å². The Hall–Kier alpha value is -2.68. The summed E-state index contributed by atoms with van der Waals surface area (Å²) in [6.07, 6.45) is 2.87. The second kappa shape index (κ2) is 9.41. The van der Waals surface area contributed by atoms with Crippen LogP contribution in [0.15, 0.2) is 71.8 Å². The highest BCUT2D eigenvalue weighted by Gasteiger charge is 2.24. The molecule has 6 nitrogen and oxygen atoms in total. The molecule has 0 unspecified atom stereocenters. The molecule has 4 aromatic rings. The predicted octanol–water partition coefficient (Wildman–Crippen LogP) is 5.64. The van der Waals surface area contributed by atoms with Gasteiger partial charge >= 0.3 is 0 Å². The molecule has 4 rings (SSSR count). The third-order valence-corrected chi connectivity index (χ3v) is 7.64. The van der Waals surface area contributed by atoms with E-state index < -0.39 is 15.4 Å². The number of aliphatic hydroxyl groups excluding tert-OH is 1. The van der Waals surface area contributed by atoms with Gasteiger partial charge in [-0.1, -0.05) is 53.5 Å². The summed E-state index contributed by atoms with van der Waals surface area (Å²) in [6.45, 7) is 2.95. The molecule has 1 aromatic heterocycles. The maximum atomic E-state index is 12.2. The first-order chi connectivity index (χ1) is 16.4. The molecular weight excluding hydrogens is 507 g/mol. The molecule has 182 valence electrons. The van der Waals surface area contributed by atoms with Crippen molar-refractivity contribution in [3.8, 4) is 28.2 Å². The number of nitrogens with zero attached hydrogens (tertiary/aromatic N) is 2. The van der Waals surface area contributed by atoms with Crippen LogP contribution in [0.3, 0.4) is 0 Å². The minimum absolute atomic E-state index is 0.101. The molecule has 0 saturated heterocycles. The summed E-state index contributed by atoms with van der Waals surface area (Å²) >= 11 is 12.7. The Morgan fingerprint density at radius 1 is 1.00 bits per heavy atom. The van der Waals surface area contributed by atoms with Crippen molar-refractivity contribution in [2.24, 2.45) is 0 Å². The number of benzene rings is 3. The average Bonchev–Trinajstić information content (AvgIpc) is 3.26. The van der Waals surface area contributed by atoms with Gasteiger partial charge in [0.1, 0.15) is 11.4 Å². The lowest BCUT2D eigenvalue weighted by Crippen LogP contribution is -2.15. The summed E-state index contributed by atoms with van der Waals surface area (Å²) in [5, 5.41) is 20.8. The Bertz CT molecular complexity index is 1510. The van der Waals surface area contributed by atoms with Crippen molar-refractivity contribution in [2.75, 3.05) is 6.26 Å². The summed E-state index contributed by atoms with van der Waals surface area (Å²) in [4.78, 5) is 4.75. The standard InChI is InChI=1S/C26H24Cl2N2O4S/c1-26(2,32)23-14-30(25(29-23)20-5-4-6-21(27)24(20)28)19-11-9-16(10-12-19)17-7-8-18(15-31)22(13-17)35(3,33)34/h4-14,31-32H,15H2,1-3H3. The Kier molecular flexibility index (Phi) is 6.83. The van der Waals surface area contributed by atoms with E-state index in [4.69, 9.17) is 23.2 Å². The van der Waals surface area contributed by atoms with Gasteiger partial charge in [-0.25, -0.2) is 13.4 Å². The van der Waals surface area contributed by atoms with E-state index in [9.17, 15) is 18.6 Å². The first-order valence-electron chi connectivity index (χ1n) is 10.7. The fraction of sp³-hybridized carbons (Fsp3) is 0.192. The largest absolute Gasteiger partial charge is 0.392 e. The van der Waals surface area contributed by atoms with Gasteiger partial charge in [-0.15, -0.1) is 0 Å². The van der Waals surface area contributed by atoms with Crippen molar-refractivity contribution >= 4 is 33.0 Å². The second-order valence-corrected chi connectivity index (χ2v) is 11.5. The molecule has 35 heavy (non-hydrogen) atoms. The van der Waals surface area contributed by atoms with E-state index in [1.807, 2.05) is 34.9 Å². The zero-order valence-corrected chi connectivity index (χ0v) is 21.7. The lowest BCUT2D eigenvalue weighted by atomic mass is 10.0. The molecular formula is C26H24Cl2N2O4S. The quantitative estimate of drug-likeness (QED) is 0.336. The van der Waals surface area contributed by atoms with E-state index in [0.717, 1.165) is 17.5 Å². The summed E-state index contributed by atoms with van der Waals surface area (Å²) in [7, 11) is -3.50. The molecule has 0 aliphatic heterocycles. The van der Waals surface area contributed by atoms with Crippen LogP contribution >= 0.6 is 23.2 Å².